The van der Waals surface area contributed by atoms with E-state index in [1.165, 1.54) is 18.2 Å². The number of halogens is 1. The second kappa shape index (κ2) is 9.73. The van der Waals surface area contributed by atoms with Crippen molar-refractivity contribution in [3.05, 3.63) is 59.9 Å². The molecule has 0 spiro atoms. The summed E-state index contributed by atoms with van der Waals surface area (Å²) in [6.07, 6.45) is 3.03. The van der Waals surface area contributed by atoms with Gasteiger partial charge in [-0.3, -0.25) is 4.79 Å². The summed E-state index contributed by atoms with van der Waals surface area (Å²) < 4.78 is 24.3. The third-order valence-electron chi connectivity index (χ3n) is 5.24. The average Bonchev–Trinajstić information content (AvgIpc) is 2.79. The summed E-state index contributed by atoms with van der Waals surface area (Å²) in [6.45, 7) is 6.01. The van der Waals surface area contributed by atoms with Gasteiger partial charge in [-0.15, -0.1) is 0 Å². The van der Waals surface area contributed by atoms with E-state index in [1.807, 2.05) is 12.1 Å². The van der Waals surface area contributed by atoms with Gasteiger partial charge in [-0.1, -0.05) is 12.1 Å². The topological polar surface area (TPSA) is 54.0 Å². The minimum absolute atomic E-state index is 0.257. The lowest BCUT2D eigenvalue weighted by Gasteiger charge is -2.33. The largest absolute Gasteiger partial charge is 0.378 e. The first-order valence-electron chi connectivity index (χ1n) is 10.2. The van der Waals surface area contributed by atoms with Crippen LogP contribution in [0.4, 0.5) is 21.5 Å². The predicted molar refractivity (Wildman–Crippen MR) is 117 cm³/mol. The van der Waals surface area contributed by atoms with E-state index in [1.54, 1.807) is 18.2 Å². The zero-order valence-corrected chi connectivity index (χ0v) is 16.9. The Bertz CT molecular complexity index is 906. The van der Waals surface area contributed by atoms with Crippen LogP contribution < -0.4 is 15.1 Å². The molecule has 2 aromatic rings. The van der Waals surface area contributed by atoms with Gasteiger partial charge in [-0.05, 0) is 42.0 Å². The summed E-state index contributed by atoms with van der Waals surface area (Å²) >= 11 is 0. The molecule has 0 radical (unpaired) electrons. The van der Waals surface area contributed by atoms with Crippen molar-refractivity contribution in [3.63, 3.8) is 0 Å². The number of nitrogens with one attached hydrogen (secondary N) is 1. The van der Waals surface area contributed by atoms with Crippen molar-refractivity contribution in [1.82, 2.24) is 0 Å². The molecule has 2 aliphatic rings. The molecular weight excluding hydrogens is 385 g/mol. The number of benzene rings is 2. The van der Waals surface area contributed by atoms with Gasteiger partial charge < -0.3 is 24.6 Å². The van der Waals surface area contributed by atoms with E-state index in [4.69, 9.17) is 9.47 Å². The molecule has 4 rings (SSSR count). The van der Waals surface area contributed by atoms with Gasteiger partial charge in [0, 0.05) is 37.9 Å². The first kappa shape index (κ1) is 20.4. The van der Waals surface area contributed by atoms with Crippen molar-refractivity contribution in [1.29, 1.82) is 0 Å². The van der Waals surface area contributed by atoms with Crippen LogP contribution in [0.25, 0.3) is 6.08 Å². The zero-order chi connectivity index (χ0) is 20.8. The minimum Gasteiger partial charge on any atom is -0.378 e. The maximum Gasteiger partial charge on any atom is 0.248 e. The quantitative estimate of drug-likeness (QED) is 0.766. The van der Waals surface area contributed by atoms with Crippen LogP contribution in [-0.4, -0.2) is 58.5 Å². The lowest BCUT2D eigenvalue weighted by molar-refractivity contribution is -0.111. The minimum atomic E-state index is -0.328. The van der Waals surface area contributed by atoms with Crippen LogP contribution in [0.3, 0.4) is 0 Å². The van der Waals surface area contributed by atoms with Crippen LogP contribution in [0, 0.1) is 5.82 Å². The maximum atomic E-state index is 13.3. The molecule has 2 fully saturated rings. The molecule has 0 aliphatic carbocycles. The van der Waals surface area contributed by atoms with Crippen molar-refractivity contribution in [2.45, 2.75) is 0 Å². The van der Waals surface area contributed by atoms with Crippen molar-refractivity contribution < 1.29 is 18.7 Å². The fraction of sp³-hybridized carbons (Fsp3) is 0.348. The number of morpholine rings is 2. The molecule has 2 saturated heterocycles. The van der Waals surface area contributed by atoms with E-state index < -0.39 is 0 Å². The zero-order valence-electron chi connectivity index (χ0n) is 16.9. The van der Waals surface area contributed by atoms with Crippen LogP contribution >= 0.6 is 0 Å². The molecule has 7 heteroatoms. The Morgan fingerprint density at radius 2 is 1.63 bits per heavy atom. The molecule has 2 heterocycles. The molecule has 0 saturated carbocycles. The fourth-order valence-electron chi connectivity index (χ4n) is 3.67. The highest BCUT2D eigenvalue weighted by molar-refractivity contribution is 6.04. The Hall–Kier alpha value is -2.90. The Morgan fingerprint density at radius 1 is 0.933 bits per heavy atom. The molecular formula is C23H26FN3O3. The lowest BCUT2D eigenvalue weighted by Crippen LogP contribution is -2.38. The molecule has 0 atom stereocenters. The van der Waals surface area contributed by atoms with Crippen molar-refractivity contribution in [3.8, 4) is 0 Å². The fourth-order valence-corrected chi connectivity index (χ4v) is 3.67. The highest BCUT2D eigenvalue weighted by atomic mass is 19.1. The normalized spacial score (nSPS) is 17.4. The van der Waals surface area contributed by atoms with Gasteiger partial charge in [-0.25, -0.2) is 4.39 Å². The van der Waals surface area contributed by atoms with E-state index in [0.29, 0.717) is 18.8 Å². The molecule has 2 aliphatic heterocycles. The van der Waals surface area contributed by atoms with Crippen molar-refractivity contribution in [2.75, 3.05) is 67.7 Å². The van der Waals surface area contributed by atoms with E-state index in [2.05, 4.69) is 21.2 Å². The van der Waals surface area contributed by atoms with E-state index >= 15 is 0 Å². The summed E-state index contributed by atoms with van der Waals surface area (Å²) in [5, 5.41) is 2.98. The van der Waals surface area contributed by atoms with Gasteiger partial charge in [0.2, 0.25) is 5.91 Å². The maximum absolute atomic E-state index is 13.3. The number of carbonyl (C=O) groups is 1. The molecule has 1 N–H and O–H groups in total. The summed E-state index contributed by atoms with van der Waals surface area (Å²) in [7, 11) is 0. The molecule has 0 bridgehead atoms. The van der Waals surface area contributed by atoms with Crippen LogP contribution in [0.5, 0.6) is 0 Å². The molecule has 0 unspecified atom stereocenters. The Kier molecular flexibility index (Phi) is 6.61. The van der Waals surface area contributed by atoms with Gasteiger partial charge in [0.25, 0.3) is 0 Å². The molecule has 6 nitrogen and oxygen atoms in total. The number of amides is 1. The number of hydrogen-bond donors (Lipinski definition) is 1. The second-order valence-electron chi connectivity index (χ2n) is 7.28. The van der Waals surface area contributed by atoms with Gasteiger partial charge in [-0.2, -0.15) is 0 Å². The predicted octanol–water partition coefficient (Wildman–Crippen LogP) is 3.15. The van der Waals surface area contributed by atoms with Crippen LogP contribution in [0.2, 0.25) is 0 Å². The molecule has 2 aromatic carbocycles. The third-order valence-corrected chi connectivity index (χ3v) is 5.24. The number of hydrogen-bond acceptors (Lipinski definition) is 5. The summed E-state index contributed by atoms with van der Waals surface area (Å²) in [4.78, 5) is 17.1. The first-order chi connectivity index (χ1) is 14.7. The number of ether oxygens (including phenoxy) is 2. The number of anilines is 3. The standard InChI is InChI=1S/C23H26FN3O3/c24-19-3-1-2-18(16-19)4-7-23(28)25-21-6-5-20(26-8-12-29-13-9-26)17-22(21)27-10-14-30-15-11-27/h1-7,16-17H,8-15H2,(H,25,28)/b7-4+. The number of carbonyl (C=O) groups excluding carboxylic acids is 1. The molecule has 0 aromatic heterocycles. The van der Waals surface area contributed by atoms with Gasteiger partial charge >= 0.3 is 0 Å². The van der Waals surface area contributed by atoms with Gasteiger partial charge in [0.05, 0.1) is 37.8 Å². The van der Waals surface area contributed by atoms with Crippen LogP contribution in [0.1, 0.15) is 5.56 Å². The Balaban J connectivity index is 1.53. The monoisotopic (exact) mass is 411 g/mol. The highest BCUT2D eigenvalue weighted by Gasteiger charge is 2.19. The third kappa shape index (κ3) is 5.17. The molecule has 158 valence electrons. The summed E-state index contributed by atoms with van der Waals surface area (Å²) in [6, 6.07) is 12.2. The van der Waals surface area contributed by atoms with Gasteiger partial charge in [0.1, 0.15) is 5.82 Å². The number of nitrogens with zero attached hydrogens (tertiary/aromatic N) is 2. The smallest absolute Gasteiger partial charge is 0.248 e. The van der Waals surface area contributed by atoms with Crippen LogP contribution in [0.15, 0.2) is 48.5 Å². The van der Waals surface area contributed by atoms with Gasteiger partial charge in [0.15, 0.2) is 0 Å². The Morgan fingerprint density at radius 3 is 2.33 bits per heavy atom. The SMILES string of the molecule is O=C(/C=C/c1cccc(F)c1)Nc1ccc(N2CCOCC2)cc1N1CCOCC1. The van der Waals surface area contributed by atoms with Crippen LogP contribution in [-0.2, 0) is 14.3 Å². The molecule has 30 heavy (non-hydrogen) atoms. The molecule has 1 amide bonds. The number of rotatable bonds is 5. The van der Waals surface area contributed by atoms with E-state index in [9.17, 15) is 9.18 Å². The summed E-state index contributed by atoms with van der Waals surface area (Å²) in [5.41, 5.74) is 3.49. The Labute approximate surface area is 175 Å². The second-order valence-corrected chi connectivity index (χ2v) is 7.28. The van der Waals surface area contributed by atoms with Crippen molar-refractivity contribution in [2.24, 2.45) is 0 Å². The van der Waals surface area contributed by atoms with E-state index in [0.717, 1.165) is 56.5 Å². The summed E-state index contributed by atoms with van der Waals surface area (Å²) in [5.74, 6) is -0.584. The van der Waals surface area contributed by atoms with Crippen molar-refractivity contribution >= 4 is 29.0 Å². The average molecular weight is 411 g/mol. The first-order valence-corrected chi connectivity index (χ1v) is 10.2. The van der Waals surface area contributed by atoms with E-state index in [-0.39, 0.29) is 11.7 Å². The lowest BCUT2D eigenvalue weighted by atomic mass is 10.1. The highest BCUT2D eigenvalue weighted by Crippen LogP contribution is 2.32.